The van der Waals surface area contributed by atoms with Gasteiger partial charge in [-0.05, 0) is 89.9 Å². The van der Waals surface area contributed by atoms with Gasteiger partial charge < -0.3 is 30.4 Å². The molecule has 0 radical (unpaired) electrons. The molecule has 13 heteroatoms. The molecule has 1 atom stereocenters. The fraction of sp³-hybridized carbons (Fsp3) is 0.275. The van der Waals surface area contributed by atoms with Gasteiger partial charge in [-0.25, -0.2) is 4.79 Å². The molecular weight excluding hydrogens is 676 g/mol. The maximum atomic E-state index is 13.2. The summed E-state index contributed by atoms with van der Waals surface area (Å²) in [6, 6.07) is 23.6. The lowest BCUT2D eigenvalue weighted by atomic mass is 10.0. The van der Waals surface area contributed by atoms with Gasteiger partial charge in [-0.1, -0.05) is 36.4 Å². The van der Waals surface area contributed by atoms with E-state index in [1.54, 1.807) is 18.2 Å². The van der Waals surface area contributed by atoms with Gasteiger partial charge in [-0.3, -0.25) is 29.4 Å². The lowest BCUT2D eigenvalue weighted by molar-refractivity contribution is -0.136. The molecule has 4 aromatic carbocycles. The number of aryl methyl sites for hydroxylation is 1. The van der Waals surface area contributed by atoms with Crippen LogP contribution in [-0.4, -0.2) is 78.6 Å². The van der Waals surface area contributed by atoms with Crippen molar-refractivity contribution < 1.29 is 33.4 Å². The molecule has 1 saturated heterocycles. The highest BCUT2D eigenvalue weighted by atomic mass is 16.5. The van der Waals surface area contributed by atoms with Gasteiger partial charge in [0.1, 0.15) is 6.04 Å². The number of amides is 6. The molecule has 272 valence electrons. The van der Waals surface area contributed by atoms with Crippen LogP contribution in [0.5, 0.6) is 0 Å². The molecule has 0 aliphatic carbocycles. The van der Waals surface area contributed by atoms with E-state index >= 15 is 0 Å². The van der Waals surface area contributed by atoms with Crippen molar-refractivity contribution in [1.29, 1.82) is 0 Å². The van der Waals surface area contributed by atoms with E-state index in [-0.39, 0.29) is 30.0 Å². The number of ether oxygens (including phenoxy) is 2. The number of rotatable bonds is 15. The number of nitrogens with zero attached hydrogens (tertiary/aromatic N) is 1. The Kier molecular flexibility index (Phi) is 10.7. The molecule has 1 unspecified atom stereocenters. The molecule has 13 nitrogen and oxygen atoms in total. The van der Waals surface area contributed by atoms with E-state index in [2.05, 4.69) is 44.5 Å². The number of aromatic nitrogens is 1. The van der Waals surface area contributed by atoms with Crippen molar-refractivity contribution in [1.82, 2.24) is 15.2 Å². The van der Waals surface area contributed by atoms with Gasteiger partial charge in [0.15, 0.2) is 0 Å². The fourth-order valence-electron chi connectivity index (χ4n) is 6.72. The number of imide groups is 2. The third kappa shape index (κ3) is 8.21. The quantitative estimate of drug-likeness (QED) is 0.0665. The Labute approximate surface area is 305 Å². The molecule has 6 amide bonds. The average molecular weight is 717 g/mol. The van der Waals surface area contributed by atoms with Crippen molar-refractivity contribution in [2.75, 3.05) is 48.9 Å². The highest BCUT2D eigenvalue weighted by Gasteiger charge is 2.45. The summed E-state index contributed by atoms with van der Waals surface area (Å²) in [6.45, 7) is 2.27. The van der Waals surface area contributed by atoms with Gasteiger partial charge in [-0.15, -0.1) is 0 Å². The Morgan fingerprint density at radius 2 is 1.53 bits per heavy atom. The number of carbonyl (C=O) groups is 5. The molecule has 0 spiro atoms. The number of H-pyrrole nitrogens is 1. The van der Waals surface area contributed by atoms with E-state index in [0.29, 0.717) is 44.3 Å². The highest BCUT2D eigenvalue weighted by molar-refractivity contribution is 6.25. The molecule has 1 fully saturated rings. The van der Waals surface area contributed by atoms with Crippen molar-refractivity contribution in [3.63, 3.8) is 0 Å². The van der Waals surface area contributed by atoms with Crippen molar-refractivity contribution in [2.45, 2.75) is 38.1 Å². The standard InChI is InChI=1S/C40H40N6O7/c47-35-14-13-34(37(48)45-35)46-38(49)31-5-3-6-32(36(31)39(46)50)42-17-19-53-21-20-52-18-2-1-4-25-7-8-28-23-29(12-10-27(28)22-25)43-40(51)44-30-11-9-26-15-16-41-33(26)24-30/h3,5-12,15-16,22-24,34,41-42H,1-2,4,13-14,17-21H2,(H2,43,44,51)(H,45,47,48). The number of hydrogen-bond donors (Lipinski definition) is 5. The Hall–Kier alpha value is -6.05. The topological polar surface area (TPSA) is 171 Å². The predicted molar refractivity (Wildman–Crippen MR) is 201 cm³/mol. The molecule has 2 aliphatic rings. The first kappa shape index (κ1) is 35.4. The van der Waals surface area contributed by atoms with Crippen LogP contribution >= 0.6 is 0 Å². The van der Waals surface area contributed by atoms with Crippen LogP contribution in [0, 0.1) is 0 Å². The van der Waals surface area contributed by atoms with Crippen molar-refractivity contribution >= 4 is 68.4 Å². The lowest BCUT2D eigenvalue weighted by Gasteiger charge is -2.27. The average Bonchev–Trinajstić information content (AvgIpc) is 3.72. The second-order valence-electron chi connectivity index (χ2n) is 13.0. The summed E-state index contributed by atoms with van der Waals surface area (Å²) in [7, 11) is 0. The molecule has 0 bridgehead atoms. The minimum atomic E-state index is -1.01. The first-order valence-corrected chi connectivity index (χ1v) is 17.8. The van der Waals surface area contributed by atoms with E-state index in [4.69, 9.17) is 9.47 Å². The summed E-state index contributed by atoms with van der Waals surface area (Å²) in [6.07, 6.45) is 4.87. The van der Waals surface area contributed by atoms with Crippen LogP contribution in [0.1, 0.15) is 52.0 Å². The minimum absolute atomic E-state index is 0.0701. The lowest BCUT2D eigenvalue weighted by Crippen LogP contribution is -2.54. The third-order valence-corrected chi connectivity index (χ3v) is 9.38. The maximum absolute atomic E-state index is 13.2. The number of unbranched alkanes of at least 4 members (excludes halogenated alkanes) is 1. The smallest absolute Gasteiger partial charge is 0.323 e. The van der Waals surface area contributed by atoms with E-state index in [1.165, 1.54) is 5.56 Å². The summed E-state index contributed by atoms with van der Waals surface area (Å²) in [4.78, 5) is 66.8. The zero-order chi connectivity index (χ0) is 36.7. The number of anilines is 3. The monoisotopic (exact) mass is 716 g/mol. The van der Waals surface area contributed by atoms with Gasteiger partial charge in [0, 0.05) is 48.3 Å². The number of hydrogen-bond acceptors (Lipinski definition) is 8. The number of benzene rings is 4. The number of urea groups is 1. The zero-order valence-corrected chi connectivity index (χ0v) is 29.0. The van der Waals surface area contributed by atoms with Gasteiger partial charge in [0.25, 0.3) is 11.8 Å². The van der Waals surface area contributed by atoms with Gasteiger partial charge in [0.05, 0.1) is 30.9 Å². The van der Waals surface area contributed by atoms with E-state index in [1.807, 2.05) is 48.7 Å². The number of fused-ring (bicyclic) bond motifs is 3. The molecule has 2 aliphatic heterocycles. The zero-order valence-electron chi connectivity index (χ0n) is 29.0. The van der Waals surface area contributed by atoms with Crippen LogP contribution in [0.4, 0.5) is 21.9 Å². The third-order valence-electron chi connectivity index (χ3n) is 9.38. The molecule has 5 N–H and O–H groups in total. The summed E-state index contributed by atoms with van der Waals surface area (Å²) >= 11 is 0. The summed E-state index contributed by atoms with van der Waals surface area (Å²) < 4.78 is 11.4. The number of nitrogens with one attached hydrogen (secondary N) is 5. The Balaban J connectivity index is 0.768. The molecule has 7 rings (SSSR count). The molecule has 3 heterocycles. The Morgan fingerprint density at radius 3 is 2.36 bits per heavy atom. The maximum Gasteiger partial charge on any atom is 0.323 e. The van der Waals surface area contributed by atoms with Crippen LogP contribution in [0.15, 0.2) is 85.1 Å². The number of piperidine rings is 1. The van der Waals surface area contributed by atoms with Gasteiger partial charge >= 0.3 is 6.03 Å². The second-order valence-corrected chi connectivity index (χ2v) is 13.0. The van der Waals surface area contributed by atoms with Gasteiger partial charge in [0.2, 0.25) is 11.8 Å². The molecule has 0 saturated carbocycles. The second kappa shape index (κ2) is 16.1. The fourth-order valence-corrected chi connectivity index (χ4v) is 6.72. The molecular formula is C40H40N6O7. The van der Waals surface area contributed by atoms with E-state index in [0.717, 1.165) is 51.5 Å². The summed E-state index contributed by atoms with van der Waals surface area (Å²) in [5.74, 6) is -2.14. The Bertz CT molecular complexity index is 2200. The van der Waals surface area contributed by atoms with Crippen LogP contribution < -0.4 is 21.3 Å². The first-order chi connectivity index (χ1) is 25.8. The first-order valence-electron chi connectivity index (χ1n) is 17.8. The normalized spacial score (nSPS) is 15.5. The van der Waals surface area contributed by atoms with Crippen molar-refractivity contribution in [3.05, 3.63) is 102 Å². The molecule has 53 heavy (non-hydrogen) atoms. The SMILES string of the molecule is O=C1CCC(N2C(=O)c3cccc(NCCOCCOCCCCc4ccc5cc(NC(=O)Nc6ccc7cc[nH]c7c6)ccc5c4)c3C2=O)C(=O)N1. The van der Waals surface area contributed by atoms with Crippen LogP contribution in [0.2, 0.25) is 0 Å². The largest absolute Gasteiger partial charge is 0.382 e. The summed E-state index contributed by atoms with van der Waals surface area (Å²) in [5.41, 5.74) is 4.57. The van der Waals surface area contributed by atoms with Crippen molar-refractivity contribution in [3.8, 4) is 0 Å². The number of carbonyl (C=O) groups excluding carboxylic acids is 5. The minimum Gasteiger partial charge on any atom is -0.382 e. The predicted octanol–water partition coefficient (Wildman–Crippen LogP) is 5.83. The summed E-state index contributed by atoms with van der Waals surface area (Å²) in [5, 5.41) is 14.4. The number of aromatic amines is 1. The van der Waals surface area contributed by atoms with Crippen molar-refractivity contribution in [2.24, 2.45) is 0 Å². The highest BCUT2D eigenvalue weighted by Crippen LogP contribution is 2.32. The molecule has 5 aromatic rings. The van der Waals surface area contributed by atoms with Crippen LogP contribution in [0.25, 0.3) is 21.7 Å². The molecule has 1 aromatic heterocycles. The van der Waals surface area contributed by atoms with E-state index < -0.39 is 29.7 Å². The Morgan fingerprint density at radius 1 is 0.774 bits per heavy atom. The van der Waals surface area contributed by atoms with E-state index in [9.17, 15) is 24.0 Å². The van der Waals surface area contributed by atoms with Gasteiger partial charge in [-0.2, -0.15) is 0 Å². The van der Waals surface area contributed by atoms with Crippen LogP contribution in [0.3, 0.4) is 0 Å². The van der Waals surface area contributed by atoms with Crippen LogP contribution in [-0.2, 0) is 25.5 Å².